The molecule has 2 heterocycles. The summed E-state index contributed by atoms with van der Waals surface area (Å²) >= 11 is 5.63. The smallest absolute Gasteiger partial charge is 0.171 e. The zero-order chi connectivity index (χ0) is 13.9. The molecule has 0 bridgehead atoms. The number of rotatable bonds is 3. The lowest BCUT2D eigenvalue weighted by Crippen LogP contribution is -2.61. The molecule has 1 aromatic carbocycles. The highest BCUT2D eigenvalue weighted by molar-refractivity contribution is 7.80. The van der Waals surface area contributed by atoms with Gasteiger partial charge in [0.15, 0.2) is 5.11 Å². The molecule has 0 saturated carbocycles. The molecule has 2 saturated heterocycles. The molecular weight excluding hydrogens is 266 g/mol. The first-order valence-electron chi connectivity index (χ1n) is 7.59. The fourth-order valence-electron chi connectivity index (χ4n) is 3.28. The first-order valence-corrected chi connectivity index (χ1v) is 8.00. The molecule has 20 heavy (non-hydrogen) atoms. The standard InChI is InChI=1S/C16H23N3S/c1-2-18-9-8-15-13-17(10-11-19(15)16(18)20)12-14-6-4-3-5-7-14/h3-7,15H,2,8-13H2,1H3/t15-/m1/s1. The van der Waals surface area contributed by atoms with E-state index in [0.29, 0.717) is 6.04 Å². The average Bonchev–Trinajstić information content (AvgIpc) is 2.49. The minimum atomic E-state index is 0.614. The highest BCUT2D eigenvalue weighted by Crippen LogP contribution is 2.21. The van der Waals surface area contributed by atoms with Crippen LogP contribution in [0.5, 0.6) is 0 Å². The number of nitrogens with zero attached hydrogens (tertiary/aromatic N) is 3. The summed E-state index contributed by atoms with van der Waals surface area (Å²) in [5.41, 5.74) is 1.41. The number of piperazine rings is 1. The molecule has 2 aliphatic heterocycles. The molecule has 0 spiro atoms. The largest absolute Gasteiger partial charge is 0.349 e. The summed E-state index contributed by atoms with van der Waals surface area (Å²) in [5, 5.41) is 1.07. The normalized spacial score (nSPS) is 23.9. The van der Waals surface area contributed by atoms with Crippen LogP contribution in [0.3, 0.4) is 0 Å². The van der Waals surface area contributed by atoms with Gasteiger partial charge >= 0.3 is 0 Å². The van der Waals surface area contributed by atoms with E-state index in [0.717, 1.165) is 44.4 Å². The Hall–Kier alpha value is -1.13. The Bertz CT molecular complexity index is 462. The van der Waals surface area contributed by atoms with Gasteiger partial charge in [-0.05, 0) is 31.1 Å². The number of benzene rings is 1. The van der Waals surface area contributed by atoms with Gasteiger partial charge in [-0.15, -0.1) is 0 Å². The van der Waals surface area contributed by atoms with Crippen molar-refractivity contribution in [3.63, 3.8) is 0 Å². The van der Waals surface area contributed by atoms with Crippen molar-refractivity contribution in [2.24, 2.45) is 0 Å². The van der Waals surface area contributed by atoms with Crippen molar-refractivity contribution in [1.29, 1.82) is 0 Å². The summed E-state index contributed by atoms with van der Waals surface area (Å²) in [6, 6.07) is 11.4. The summed E-state index contributed by atoms with van der Waals surface area (Å²) in [7, 11) is 0. The van der Waals surface area contributed by atoms with Gasteiger partial charge in [0, 0.05) is 45.3 Å². The SMILES string of the molecule is CCN1CC[C@@H]2CN(Cc3ccccc3)CCN2C1=S. The summed E-state index contributed by atoms with van der Waals surface area (Å²) in [4.78, 5) is 7.35. The molecule has 0 unspecified atom stereocenters. The molecule has 3 nitrogen and oxygen atoms in total. The van der Waals surface area contributed by atoms with Crippen molar-refractivity contribution in [3.8, 4) is 0 Å². The van der Waals surface area contributed by atoms with Gasteiger partial charge in [-0.25, -0.2) is 0 Å². The molecular formula is C16H23N3S. The number of hydrogen-bond acceptors (Lipinski definition) is 2. The zero-order valence-electron chi connectivity index (χ0n) is 12.2. The Morgan fingerprint density at radius 2 is 1.95 bits per heavy atom. The second-order valence-electron chi connectivity index (χ2n) is 5.72. The minimum absolute atomic E-state index is 0.614. The topological polar surface area (TPSA) is 9.72 Å². The van der Waals surface area contributed by atoms with Crippen molar-refractivity contribution in [3.05, 3.63) is 35.9 Å². The van der Waals surface area contributed by atoms with Crippen LogP contribution in [-0.2, 0) is 6.54 Å². The van der Waals surface area contributed by atoms with Gasteiger partial charge in [0.2, 0.25) is 0 Å². The summed E-state index contributed by atoms with van der Waals surface area (Å²) in [5.74, 6) is 0. The lowest BCUT2D eigenvalue weighted by atomic mass is 10.1. The van der Waals surface area contributed by atoms with Crippen molar-refractivity contribution in [2.75, 3.05) is 32.7 Å². The summed E-state index contributed by atoms with van der Waals surface area (Å²) < 4.78 is 0. The predicted molar refractivity (Wildman–Crippen MR) is 86.7 cm³/mol. The first-order chi connectivity index (χ1) is 9.78. The third kappa shape index (κ3) is 2.81. The molecule has 0 aromatic heterocycles. The van der Waals surface area contributed by atoms with E-state index in [1.807, 2.05) is 0 Å². The van der Waals surface area contributed by atoms with E-state index in [4.69, 9.17) is 12.2 Å². The Kier molecular flexibility index (Phi) is 4.22. The molecule has 4 heteroatoms. The van der Waals surface area contributed by atoms with Crippen LogP contribution in [0, 0.1) is 0 Å². The number of fused-ring (bicyclic) bond motifs is 1. The van der Waals surface area contributed by atoms with Crippen molar-refractivity contribution in [1.82, 2.24) is 14.7 Å². The Labute approximate surface area is 127 Å². The van der Waals surface area contributed by atoms with Gasteiger partial charge in [-0.3, -0.25) is 4.90 Å². The molecule has 0 amide bonds. The zero-order valence-corrected chi connectivity index (χ0v) is 13.0. The highest BCUT2D eigenvalue weighted by Gasteiger charge is 2.33. The molecule has 108 valence electrons. The third-order valence-corrected chi connectivity index (χ3v) is 4.94. The third-order valence-electron chi connectivity index (χ3n) is 4.45. The van der Waals surface area contributed by atoms with Crippen LogP contribution in [0.15, 0.2) is 30.3 Å². The van der Waals surface area contributed by atoms with Crippen LogP contribution in [-0.4, -0.2) is 58.6 Å². The molecule has 2 aliphatic rings. The second-order valence-corrected chi connectivity index (χ2v) is 6.08. The molecule has 3 rings (SSSR count). The number of hydrogen-bond donors (Lipinski definition) is 0. The number of thiocarbonyl (C=S) groups is 1. The summed E-state index contributed by atoms with van der Waals surface area (Å²) in [6.45, 7) is 8.75. The first kappa shape index (κ1) is 13.8. The molecule has 2 fully saturated rings. The maximum absolute atomic E-state index is 5.63. The van der Waals surface area contributed by atoms with E-state index in [1.165, 1.54) is 12.0 Å². The second kappa shape index (κ2) is 6.10. The highest BCUT2D eigenvalue weighted by atomic mass is 32.1. The van der Waals surface area contributed by atoms with Crippen LogP contribution in [0.4, 0.5) is 0 Å². The van der Waals surface area contributed by atoms with Gasteiger partial charge in [0.25, 0.3) is 0 Å². The van der Waals surface area contributed by atoms with Crippen molar-refractivity contribution >= 4 is 17.3 Å². The van der Waals surface area contributed by atoms with Crippen LogP contribution in [0.25, 0.3) is 0 Å². The van der Waals surface area contributed by atoms with Crippen molar-refractivity contribution in [2.45, 2.75) is 25.9 Å². The van der Waals surface area contributed by atoms with E-state index in [9.17, 15) is 0 Å². The Morgan fingerprint density at radius 3 is 2.70 bits per heavy atom. The molecule has 0 N–H and O–H groups in total. The van der Waals surface area contributed by atoms with Crippen LogP contribution < -0.4 is 0 Å². The predicted octanol–water partition coefficient (Wildman–Crippen LogP) is 2.18. The lowest BCUT2D eigenvalue weighted by Gasteiger charge is -2.49. The molecule has 1 atom stereocenters. The maximum atomic E-state index is 5.63. The fraction of sp³-hybridized carbons (Fsp3) is 0.562. The van der Waals surface area contributed by atoms with E-state index >= 15 is 0 Å². The van der Waals surface area contributed by atoms with E-state index in [-0.39, 0.29) is 0 Å². The Balaban J connectivity index is 1.61. The van der Waals surface area contributed by atoms with Gasteiger partial charge < -0.3 is 9.80 Å². The van der Waals surface area contributed by atoms with Crippen LogP contribution >= 0.6 is 12.2 Å². The quantitative estimate of drug-likeness (QED) is 0.789. The molecule has 0 radical (unpaired) electrons. The van der Waals surface area contributed by atoms with Gasteiger partial charge in [-0.2, -0.15) is 0 Å². The van der Waals surface area contributed by atoms with Crippen LogP contribution in [0.1, 0.15) is 18.9 Å². The van der Waals surface area contributed by atoms with Crippen LogP contribution in [0.2, 0.25) is 0 Å². The van der Waals surface area contributed by atoms with Gasteiger partial charge in [0.1, 0.15) is 0 Å². The lowest BCUT2D eigenvalue weighted by molar-refractivity contribution is 0.0854. The van der Waals surface area contributed by atoms with E-state index in [2.05, 4.69) is 52.0 Å². The van der Waals surface area contributed by atoms with E-state index < -0.39 is 0 Å². The minimum Gasteiger partial charge on any atom is -0.349 e. The average molecular weight is 289 g/mol. The van der Waals surface area contributed by atoms with E-state index in [1.54, 1.807) is 0 Å². The molecule has 0 aliphatic carbocycles. The summed E-state index contributed by atoms with van der Waals surface area (Å²) in [6.07, 6.45) is 1.24. The van der Waals surface area contributed by atoms with Gasteiger partial charge in [-0.1, -0.05) is 30.3 Å². The van der Waals surface area contributed by atoms with Crippen molar-refractivity contribution < 1.29 is 0 Å². The fourth-order valence-corrected chi connectivity index (χ4v) is 3.74. The molecule has 1 aromatic rings. The maximum Gasteiger partial charge on any atom is 0.171 e. The monoisotopic (exact) mass is 289 g/mol. The van der Waals surface area contributed by atoms with Gasteiger partial charge in [0.05, 0.1) is 0 Å². The Morgan fingerprint density at radius 1 is 1.15 bits per heavy atom.